The molecule has 21 heteroatoms. The molecule has 0 spiro atoms. The highest BCUT2D eigenvalue weighted by Crippen LogP contribution is 2.34. The lowest BCUT2D eigenvalue weighted by Crippen LogP contribution is -2.67. The molecule has 0 bridgehead atoms. The first-order valence-electron chi connectivity index (χ1n) is 14.1. The predicted molar refractivity (Wildman–Crippen MR) is 134 cm³/mol. The quantitative estimate of drug-likeness (QED) is 0.103. The summed E-state index contributed by atoms with van der Waals surface area (Å²) in [5.41, 5.74) is 0. The number of ether oxygens (including phenoxy) is 7. The number of aliphatic hydroxyl groups excluding tert-OH is 14. The highest BCUT2D eigenvalue weighted by Gasteiger charge is 2.55. The van der Waals surface area contributed by atoms with Crippen molar-refractivity contribution in [2.24, 2.45) is 0 Å². The van der Waals surface area contributed by atoms with Crippen molar-refractivity contribution in [1.29, 1.82) is 0 Å². The second-order valence-corrected chi connectivity index (χ2v) is 11.1. The van der Waals surface area contributed by atoms with Gasteiger partial charge in [-0.1, -0.05) is 0 Å². The van der Waals surface area contributed by atoms with Crippen molar-refractivity contribution in [3.05, 3.63) is 0 Å². The van der Waals surface area contributed by atoms with Gasteiger partial charge in [0.25, 0.3) is 0 Å². The highest BCUT2D eigenvalue weighted by molar-refractivity contribution is 4.97. The largest absolute Gasteiger partial charge is 0.394 e. The van der Waals surface area contributed by atoms with Gasteiger partial charge < -0.3 is 105 Å². The topological polar surface area (TPSA) is 348 Å². The Morgan fingerprint density at radius 1 is 0.333 bits per heavy atom. The Kier molecular flexibility index (Phi) is 12.8. The minimum absolute atomic E-state index is 0.784. The van der Waals surface area contributed by atoms with Crippen LogP contribution in [0.3, 0.4) is 0 Å². The van der Waals surface area contributed by atoms with Crippen LogP contribution in [0.4, 0.5) is 0 Å². The molecule has 4 aliphatic heterocycles. The number of rotatable bonds is 10. The van der Waals surface area contributed by atoms with Gasteiger partial charge in [-0.05, 0) is 0 Å². The van der Waals surface area contributed by atoms with E-state index in [1.54, 1.807) is 0 Å². The van der Waals surface area contributed by atoms with Crippen LogP contribution in [0.5, 0.6) is 0 Å². The number of hydrogen-bond donors (Lipinski definition) is 14. The second-order valence-electron chi connectivity index (χ2n) is 11.1. The number of hydrogen-bond acceptors (Lipinski definition) is 21. The highest BCUT2D eigenvalue weighted by atomic mass is 16.8. The van der Waals surface area contributed by atoms with Gasteiger partial charge in [-0.15, -0.1) is 0 Å². The van der Waals surface area contributed by atoms with E-state index >= 15 is 0 Å². The molecule has 0 aromatic heterocycles. The van der Waals surface area contributed by atoms with E-state index in [4.69, 9.17) is 33.2 Å². The molecule has 0 aromatic rings. The summed E-state index contributed by atoms with van der Waals surface area (Å²) in [5, 5.41) is 142. The van der Waals surface area contributed by atoms with Crippen LogP contribution >= 0.6 is 0 Å². The predicted octanol–water partition coefficient (Wildman–Crippen LogP) is -9.75. The normalized spacial score (nSPS) is 52.9. The molecular weight excluding hydrogens is 624 g/mol. The van der Waals surface area contributed by atoms with Gasteiger partial charge in [-0.2, -0.15) is 0 Å². The van der Waals surface area contributed by atoms with Crippen molar-refractivity contribution in [3.63, 3.8) is 0 Å². The molecule has 1 unspecified atom stereocenters. The van der Waals surface area contributed by atoms with Crippen LogP contribution in [0.1, 0.15) is 0 Å². The smallest absolute Gasteiger partial charge is 0.187 e. The fraction of sp³-hybridized carbons (Fsp3) is 1.00. The molecule has 20 atom stereocenters. The lowest BCUT2D eigenvalue weighted by molar-refractivity contribution is -0.387. The van der Waals surface area contributed by atoms with Gasteiger partial charge in [0, 0.05) is 0 Å². The molecule has 14 N–H and O–H groups in total. The summed E-state index contributed by atoms with van der Waals surface area (Å²) in [4.78, 5) is 0. The molecule has 264 valence electrons. The zero-order valence-corrected chi connectivity index (χ0v) is 23.5. The summed E-state index contributed by atoms with van der Waals surface area (Å²) in [5.74, 6) is 0. The van der Waals surface area contributed by atoms with Gasteiger partial charge in [-0.25, -0.2) is 0 Å². The van der Waals surface area contributed by atoms with Gasteiger partial charge in [-0.3, -0.25) is 0 Å². The van der Waals surface area contributed by atoms with Gasteiger partial charge in [0.2, 0.25) is 0 Å². The minimum Gasteiger partial charge on any atom is -0.394 e. The van der Waals surface area contributed by atoms with Crippen molar-refractivity contribution >= 4 is 0 Å². The molecule has 4 rings (SSSR count). The van der Waals surface area contributed by atoms with Crippen molar-refractivity contribution in [1.82, 2.24) is 0 Å². The molecule has 4 heterocycles. The van der Waals surface area contributed by atoms with Crippen molar-refractivity contribution in [3.8, 4) is 0 Å². The van der Waals surface area contributed by atoms with E-state index in [-0.39, 0.29) is 0 Å². The maximum atomic E-state index is 10.9. The fourth-order valence-electron chi connectivity index (χ4n) is 5.55. The molecule has 0 amide bonds. The fourth-order valence-corrected chi connectivity index (χ4v) is 5.55. The Morgan fingerprint density at radius 3 is 1.02 bits per heavy atom. The zero-order valence-electron chi connectivity index (χ0n) is 23.5. The third-order valence-electron chi connectivity index (χ3n) is 8.20. The summed E-state index contributed by atoms with van der Waals surface area (Å²) in [6, 6.07) is 0. The maximum Gasteiger partial charge on any atom is 0.187 e. The van der Waals surface area contributed by atoms with Gasteiger partial charge in [0.1, 0.15) is 97.7 Å². The van der Waals surface area contributed by atoms with E-state index in [1.807, 2.05) is 0 Å². The lowest BCUT2D eigenvalue weighted by atomic mass is 9.95. The Hall–Kier alpha value is -0.840. The van der Waals surface area contributed by atoms with E-state index in [0.717, 1.165) is 0 Å². The maximum absolute atomic E-state index is 10.9. The van der Waals surface area contributed by atoms with E-state index < -0.39 is 149 Å². The van der Waals surface area contributed by atoms with E-state index in [9.17, 15) is 71.5 Å². The zero-order chi connectivity index (χ0) is 33.3. The van der Waals surface area contributed by atoms with Crippen LogP contribution in [0.25, 0.3) is 0 Å². The van der Waals surface area contributed by atoms with Gasteiger partial charge in [0.15, 0.2) is 25.2 Å². The van der Waals surface area contributed by atoms with Crippen molar-refractivity contribution in [2.45, 2.75) is 123 Å². The molecule has 0 saturated carbocycles. The van der Waals surface area contributed by atoms with Crippen molar-refractivity contribution in [2.75, 3.05) is 26.4 Å². The third kappa shape index (κ3) is 7.44. The Balaban J connectivity index is 1.43. The summed E-state index contributed by atoms with van der Waals surface area (Å²) in [6.45, 7) is -3.39. The molecule has 4 saturated heterocycles. The summed E-state index contributed by atoms with van der Waals surface area (Å²) < 4.78 is 37.7. The van der Waals surface area contributed by atoms with Gasteiger partial charge in [0.05, 0.1) is 26.4 Å². The Labute approximate surface area is 254 Å². The summed E-state index contributed by atoms with van der Waals surface area (Å²) in [7, 11) is 0. The van der Waals surface area contributed by atoms with Crippen molar-refractivity contribution < 1.29 is 105 Å². The Bertz CT molecular complexity index is 910. The summed E-state index contributed by atoms with van der Waals surface area (Å²) in [6.07, 6.45) is -35.3. The molecule has 4 fully saturated rings. The second kappa shape index (κ2) is 15.6. The lowest BCUT2D eigenvalue weighted by Gasteiger charge is -2.49. The minimum atomic E-state index is -2.02. The standard InChI is InChI=1S/C24H42O21/c25-1-5-9(29)10(30)15(35)22(40-5)44-19-7(3-27)42-24(17(37)12(19)32)45-20-8(4-28)41-23(16(36)13(20)33)43-18-6(2-26)39-21(38)14(34)11(18)31/h5-38H,1-4H2/t5-,6+,7-,8-,9+,10+,11+,12-,13-,14+,15-,16+,17-,18+,19+,20-,21?,22+,23-,24+/m0/s1. The average Bonchev–Trinajstić information content (AvgIpc) is 3.03. The number of aliphatic hydroxyl groups is 14. The summed E-state index contributed by atoms with van der Waals surface area (Å²) >= 11 is 0. The molecular formula is C24H42O21. The van der Waals surface area contributed by atoms with Gasteiger partial charge >= 0.3 is 0 Å². The molecule has 45 heavy (non-hydrogen) atoms. The molecule has 21 nitrogen and oxygen atoms in total. The van der Waals surface area contributed by atoms with Crippen LogP contribution < -0.4 is 0 Å². The van der Waals surface area contributed by atoms with Crippen LogP contribution in [0.15, 0.2) is 0 Å². The first kappa shape index (κ1) is 37.0. The first-order chi connectivity index (χ1) is 21.3. The average molecular weight is 667 g/mol. The van der Waals surface area contributed by atoms with Crippen LogP contribution in [0, 0.1) is 0 Å². The van der Waals surface area contributed by atoms with E-state index in [1.165, 1.54) is 0 Å². The first-order valence-corrected chi connectivity index (χ1v) is 14.1. The van der Waals surface area contributed by atoms with E-state index in [2.05, 4.69) is 0 Å². The van der Waals surface area contributed by atoms with Crippen LogP contribution in [-0.2, 0) is 33.2 Å². The SMILES string of the molecule is OC[C@@H]1O[C@H](O[C@H]2[C@@H](O)[C@H](O)[C@@H](O[C@@H]3[C@@H](O)[C@@H](O)[C@H](O[C@H]4[C@H](O)[C@@H](O)C(O)O[C@@H]4CO)O[C@H]3CO)O[C@H]2CO)[C@@H](O)[C@H](O)[C@@H]1O. The monoisotopic (exact) mass is 666 g/mol. The Morgan fingerprint density at radius 2 is 0.644 bits per heavy atom. The molecule has 4 aliphatic rings. The third-order valence-corrected chi connectivity index (χ3v) is 8.20. The van der Waals surface area contributed by atoms with E-state index in [0.29, 0.717) is 0 Å². The van der Waals surface area contributed by atoms with Crippen LogP contribution in [0.2, 0.25) is 0 Å². The molecule has 0 radical (unpaired) electrons. The molecule has 0 aliphatic carbocycles. The molecule has 0 aromatic carbocycles. The van der Waals surface area contributed by atoms with Crippen LogP contribution in [-0.4, -0.2) is 221 Å².